The monoisotopic (exact) mass is 394 g/mol. The SMILES string of the molecule is C=CCNS(=O)(=O)c1ccc(C(=O)N2CCCC(C(=O)NCCN)C2)cc1. The molecule has 2 rings (SSSR count). The Morgan fingerprint density at radius 2 is 2.00 bits per heavy atom. The van der Waals surface area contributed by atoms with E-state index in [1.165, 1.54) is 30.3 Å². The minimum Gasteiger partial charge on any atom is -0.355 e. The first-order chi connectivity index (χ1) is 12.9. The van der Waals surface area contributed by atoms with Gasteiger partial charge in [0, 0.05) is 38.3 Å². The van der Waals surface area contributed by atoms with Crippen LogP contribution in [-0.2, 0) is 14.8 Å². The van der Waals surface area contributed by atoms with Gasteiger partial charge in [-0.15, -0.1) is 6.58 Å². The molecular weight excluding hydrogens is 368 g/mol. The second kappa shape index (κ2) is 9.63. The van der Waals surface area contributed by atoms with Gasteiger partial charge in [0.05, 0.1) is 10.8 Å². The van der Waals surface area contributed by atoms with E-state index in [0.29, 0.717) is 31.7 Å². The number of nitrogens with zero attached hydrogens (tertiary/aromatic N) is 1. The summed E-state index contributed by atoms with van der Waals surface area (Å²) in [5, 5.41) is 2.76. The Bertz CT molecular complexity index is 777. The van der Waals surface area contributed by atoms with Crippen LogP contribution in [0.5, 0.6) is 0 Å². The summed E-state index contributed by atoms with van der Waals surface area (Å²) in [7, 11) is -3.63. The number of benzene rings is 1. The molecule has 0 spiro atoms. The molecule has 148 valence electrons. The third-order valence-electron chi connectivity index (χ3n) is 4.35. The first-order valence-corrected chi connectivity index (χ1v) is 10.3. The largest absolute Gasteiger partial charge is 0.355 e. The first-order valence-electron chi connectivity index (χ1n) is 8.86. The van der Waals surface area contributed by atoms with Gasteiger partial charge in [-0.1, -0.05) is 6.08 Å². The Morgan fingerprint density at radius 1 is 1.30 bits per heavy atom. The molecule has 1 fully saturated rings. The van der Waals surface area contributed by atoms with E-state index in [4.69, 9.17) is 5.73 Å². The molecule has 1 heterocycles. The van der Waals surface area contributed by atoms with Crippen molar-refractivity contribution in [2.75, 3.05) is 32.7 Å². The highest BCUT2D eigenvalue weighted by molar-refractivity contribution is 7.89. The van der Waals surface area contributed by atoms with Gasteiger partial charge in [0.15, 0.2) is 0 Å². The van der Waals surface area contributed by atoms with E-state index in [1.54, 1.807) is 4.90 Å². The van der Waals surface area contributed by atoms with E-state index in [1.807, 2.05) is 0 Å². The summed E-state index contributed by atoms with van der Waals surface area (Å²) in [5.74, 6) is -0.556. The normalized spacial score (nSPS) is 17.4. The van der Waals surface area contributed by atoms with Crippen LogP contribution in [0.4, 0.5) is 0 Å². The third-order valence-corrected chi connectivity index (χ3v) is 5.79. The van der Waals surface area contributed by atoms with Gasteiger partial charge in [-0.3, -0.25) is 9.59 Å². The summed E-state index contributed by atoms with van der Waals surface area (Å²) < 4.78 is 26.5. The van der Waals surface area contributed by atoms with E-state index in [2.05, 4.69) is 16.6 Å². The molecule has 4 N–H and O–H groups in total. The number of hydrogen-bond donors (Lipinski definition) is 3. The molecule has 8 nitrogen and oxygen atoms in total. The minimum absolute atomic E-state index is 0.0820. The lowest BCUT2D eigenvalue weighted by atomic mass is 9.96. The summed E-state index contributed by atoms with van der Waals surface area (Å²) in [6.07, 6.45) is 2.92. The molecule has 1 aromatic rings. The molecule has 1 aromatic carbocycles. The van der Waals surface area contributed by atoms with Crippen molar-refractivity contribution in [3.05, 3.63) is 42.5 Å². The highest BCUT2D eigenvalue weighted by Crippen LogP contribution is 2.20. The molecule has 1 unspecified atom stereocenters. The summed E-state index contributed by atoms with van der Waals surface area (Å²) in [4.78, 5) is 26.5. The maximum atomic E-state index is 12.7. The van der Waals surface area contributed by atoms with Crippen molar-refractivity contribution in [2.24, 2.45) is 11.7 Å². The molecule has 0 radical (unpaired) electrons. The molecule has 1 atom stereocenters. The minimum atomic E-state index is -3.63. The predicted molar refractivity (Wildman–Crippen MR) is 103 cm³/mol. The van der Waals surface area contributed by atoms with E-state index in [-0.39, 0.29) is 29.2 Å². The van der Waals surface area contributed by atoms with E-state index in [9.17, 15) is 18.0 Å². The lowest BCUT2D eigenvalue weighted by molar-refractivity contribution is -0.126. The second-order valence-electron chi connectivity index (χ2n) is 6.33. The van der Waals surface area contributed by atoms with Crippen LogP contribution in [0.25, 0.3) is 0 Å². The van der Waals surface area contributed by atoms with Gasteiger partial charge < -0.3 is 16.0 Å². The van der Waals surface area contributed by atoms with Crippen molar-refractivity contribution in [3.8, 4) is 0 Å². The highest BCUT2D eigenvalue weighted by Gasteiger charge is 2.28. The number of carbonyl (C=O) groups is 2. The topological polar surface area (TPSA) is 122 Å². The summed E-state index contributed by atoms with van der Waals surface area (Å²) >= 11 is 0. The average molecular weight is 394 g/mol. The Hall–Kier alpha value is -2.23. The molecule has 0 aliphatic carbocycles. The Balaban J connectivity index is 2.04. The van der Waals surface area contributed by atoms with Gasteiger partial charge in [-0.25, -0.2) is 13.1 Å². The number of sulfonamides is 1. The smallest absolute Gasteiger partial charge is 0.253 e. The van der Waals surface area contributed by atoms with Gasteiger partial charge in [-0.05, 0) is 37.1 Å². The first kappa shape index (κ1) is 21.1. The highest BCUT2D eigenvalue weighted by atomic mass is 32.2. The standard InChI is InChI=1S/C18H26N4O4S/c1-2-10-21-27(25,26)16-7-5-14(6-8-16)18(24)22-12-3-4-15(13-22)17(23)20-11-9-19/h2,5-8,15,21H,1,3-4,9-13,19H2,(H,20,23). The van der Waals surface area contributed by atoms with Gasteiger partial charge in [0.1, 0.15) is 0 Å². The molecule has 2 amide bonds. The predicted octanol–water partition coefficient (Wildman–Crippen LogP) is 0.0780. The van der Waals surface area contributed by atoms with Gasteiger partial charge in [0.2, 0.25) is 15.9 Å². The number of nitrogens with two attached hydrogens (primary N) is 1. The molecular formula is C18H26N4O4S. The molecule has 1 aliphatic rings. The average Bonchev–Trinajstić information content (AvgIpc) is 2.70. The van der Waals surface area contributed by atoms with Crippen LogP contribution in [-0.4, -0.2) is 57.9 Å². The van der Waals surface area contributed by atoms with Gasteiger partial charge >= 0.3 is 0 Å². The van der Waals surface area contributed by atoms with Crippen LogP contribution in [0.15, 0.2) is 41.8 Å². The quantitative estimate of drug-likeness (QED) is 0.539. The van der Waals surface area contributed by atoms with Crippen molar-refractivity contribution in [1.29, 1.82) is 0 Å². The van der Waals surface area contributed by atoms with E-state index >= 15 is 0 Å². The van der Waals surface area contributed by atoms with Crippen molar-refractivity contribution in [2.45, 2.75) is 17.7 Å². The van der Waals surface area contributed by atoms with Gasteiger partial charge in [-0.2, -0.15) is 0 Å². The summed E-state index contributed by atoms with van der Waals surface area (Å²) in [5.41, 5.74) is 5.79. The van der Waals surface area contributed by atoms with E-state index in [0.717, 1.165) is 12.8 Å². The number of nitrogens with one attached hydrogen (secondary N) is 2. The van der Waals surface area contributed by atoms with Crippen LogP contribution in [0.2, 0.25) is 0 Å². The zero-order chi connectivity index (χ0) is 19.9. The van der Waals surface area contributed by atoms with Crippen LogP contribution < -0.4 is 15.8 Å². The third kappa shape index (κ3) is 5.62. The number of piperidine rings is 1. The summed E-state index contributed by atoms with van der Waals surface area (Å²) in [6.45, 7) is 5.30. The van der Waals surface area contributed by atoms with Crippen LogP contribution in [0.3, 0.4) is 0 Å². The van der Waals surface area contributed by atoms with Crippen LogP contribution >= 0.6 is 0 Å². The molecule has 27 heavy (non-hydrogen) atoms. The zero-order valence-electron chi connectivity index (χ0n) is 15.2. The number of likely N-dealkylation sites (tertiary alicyclic amines) is 1. The lowest BCUT2D eigenvalue weighted by Gasteiger charge is -2.32. The maximum Gasteiger partial charge on any atom is 0.253 e. The van der Waals surface area contributed by atoms with Crippen LogP contribution in [0.1, 0.15) is 23.2 Å². The number of rotatable bonds is 8. The molecule has 0 bridgehead atoms. The number of hydrogen-bond acceptors (Lipinski definition) is 5. The maximum absolute atomic E-state index is 12.7. The Kier molecular flexibility index (Phi) is 7.52. The number of carbonyl (C=O) groups excluding carboxylic acids is 2. The van der Waals surface area contributed by atoms with Crippen molar-refractivity contribution < 1.29 is 18.0 Å². The zero-order valence-corrected chi connectivity index (χ0v) is 16.0. The number of amides is 2. The van der Waals surface area contributed by atoms with Crippen LogP contribution in [0, 0.1) is 5.92 Å². The Labute approximate surface area is 159 Å². The molecule has 9 heteroatoms. The second-order valence-corrected chi connectivity index (χ2v) is 8.10. The molecule has 1 aliphatic heterocycles. The lowest BCUT2D eigenvalue weighted by Crippen LogP contribution is -2.46. The fourth-order valence-corrected chi connectivity index (χ4v) is 3.92. The van der Waals surface area contributed by atoms with Crippen molar-refractivity contribution in [1.82, 2.24) is 14.9 Å². The fraction of sp³-hybridized carbons (Fsp3) is 0.444. The van der Waals surface area contributed by atoms with Crippen molar-refractivity contribution >= 4 is 21.8 Å². The molecule has 0 aromatic heterocycles. The summed E-state index contributed by atoms with van der Waals surface area (Å²) in [6, 6.07) is 5.77. The molecule has 0 saturated carbocycles. The van der Waals surface area contributed by atoms with E-state index < -0.39 is 10.0 Å². The van der Waals surface area contributed by atoms with Gasteiger partial charge in [0.25, 0.3) is 5.91 Å². The van der Waals surface area contributed by atoms with Crippen molar-refractivity contribution in [3.63, 3.8) is 0 Å². The Morgan fingerprint density at radius 3 is 2.63 bits per heavy atom. The fourth-order valence-electron chi connectivity index (χ4n) is 2.93. The molecule has 1 saturated heterocycles.